The van der Waals surface area contributed by atoms with Crippen molar-refractivity contribution in [1.82, 2.24) is 15.5 Å². The third-order valence-corrected chi connectivity index (χ3v) is 5.08. The van der Waals surface area contributed by atoms with Crippen molar-refractivity contribution in [3.8, 4) is 0 Å². The number of piperidine rings is 1. The van der Waals surface area contributed by atoms with Crippen molar-refractivity contribution < 1.29 is 18.7 Å². The van der Waals surface area contributed by atoms with Crippen molar-refractivity contribution in [2.45, 2.75) is 38.3 Å². The van der Waals surface area contributed by atoms with Gasteiger partial charge in [0.1, 0.15) is 5.76 Å². The highest BCUT2D eigenvalue weighted by molar-refractivity contribution is 5.91. The molecule has 3 heterocycles. The Labute approximate surface area is 148 Å². The lowest BCUT2D eigenvalue weighted by atomic mass is 9.94. The number of rotatable bonds is 5. The fourth-order valence-electron chi connectivity index (χ4n) is 3.64. The van der Waals surface area contributed by atoms with Gasteiger partial charge >= 0.3 is 0 Å². The lowest BCUT2D eigenvalue weighted by Crippen LogP contribution is -2.48. The highest BCUT2D eigenvalue weighted by Crippen LogP contribution is 2.23. The average molecular weight is 349 g/mol. The monoisotopic (exact) mass is 349 g/mol. The van der Waals surface area contributed by atoms with Crippen LogP contribution in [0.4, 0.5) is 0 Å². The summed E-state index contributed by atoms with van der Waals surface area (Å²) in [6, 6.07) is 3.89. The first-order valence-electron chi connectivity index (χ1n) is 9.07. The van der Waals surface area contributed by atoms with Crippen LogP contribution in [0, 0.1) is 5.92 Å². The number of carbonyl (C=O) groups excluding carboxylic acids is 2. The number of carbonyl (C=O) groups is 2. The molecule has 2 amide bonds. The molecule has 2 N–H and O–H groups in total. The molecule has 0 unspecified atom stereocenters. The molecule has 2 fully saturated rings. The lowest BCUT2D eigenvalue weighted by molar-refractivity contribution is -0.127. The average Bonchev–Trinajstić information content (AvgIpc) is 3.15. The molecule has 1 aromatic rings. The molecule has 0 aromatic carbocycles. The van der Waals surface area contributed by atoms with E-state index in [2.05, 4.69) is 15.5 Å². The zero-order valence-electron chi connectivity index (χ0n) is 14.8. The van der Waals surface area contributed by atoms with Crippen LogP contribution in [0.5, 0.6) is 0 Å². The van der Waals surface area contributed by atoms with Crippen molar-refractivity contribution in [3.05, 3.63) is 23.7 Å². The van der Waals surface area contributed by atoms with Crippen LogP contribution in [0.2, 0.25) is 0 Å². The van der Waals surface area contributed by atoms with Gasteiger partial charge in [-0.15, -0.1) is 0 Å². The van der Waals surface area contributed by atoms with Gasteiger partial charge in [-0.25, -0.2) is 0 Å². The summed E-state index contributed by atoms with van der Waals surface area (Å²) in [5, 5.41) is 5.46. The van der Waals surface area contributed by atoms with Gasteiger partial charge in [0.2, 0.25) is 5.91 Å². The van der Waals surface area contributed by atoms with Gasteiger partial charge in [-0.05, 0) is 44.4 Å². The highest BCUT2D eigenvalue weighted by Gasteiger charge is 2.30. The van der Waals surface area contributed by atoms with Crippen LogP contribution in [0.3, 0.4) is 0 Å². The zero-order chi connectivity index (χ0) is 17.6. The first-order chi connectivity index (χ1) is 12.2. The molecule has 0 bridgehead atoms. The van der Waals surface area contributed by atoms with E-state index in [0.29, 0.717) is 18.3 Å². The Morgan fingerprint density at radius 3 is 2.80 bits per heavy atom. The van der Waals surface area contributed by atoms with Crippen LogP contribution in [0.25, 0.3) is 0 Å². The fraction of sp³-hybridized carbons (Fsp3) is 0.667. The maximum absolute atomic E-state index is 12.5. The van der Waals surface area contributed by atoms with Crippen molar-refractivity contribution in [2.24, 2.45) is 5.92 Å². The molecule has 1 atom stereocenters. The summed E-state index contributed by atoms with van der Waals surface area (Å²) in [6.07, 6.45) is 4.09. The van der Waals surface area contributed by atoms with Gasteiger partial charge in [0.25, 0.3) is 5.91 Å². The summed E-state index contributed by atoms with van der Waals surface area (Å²) in [4.78, 5) is 26.5. The summed E-state index contributed by atoms with van der Waals surface area (Å²) in [5.74, 6) is 0.663. The molecule has 0 radical (unpaired) electrons. The Hall–Kier alpha value is -1.86. The smallest absolute Gasteiger partial charge is 0.286 e. The van der Waals surface area contributed by atoms with E-state index in [4.69, 9.17) is 9.15 Å². The van der Waals surface area contributed by atoms with Crippen LogP contribution < -0.4 is 10.6 Å². The van der Waals surface area contributed by atoms with Crippen LogP contribution in [-0.4, -0.2) is 56.1 Å². The van der Waals surface area contributed by atoms with E-state index in [-0.39, 0.29) is 23.5 Å². The number of nitrogens with zero attached hydrogens (tertiary/aromatic N) is 1. The molecular weight excluding hydrogens is 322 g/mol. The van der Waals surface area contributed by atoms with Crippen molar-refractivity contribution >= 4 is 11.8 Å². The Kier molecular flexibility index (Phi) is 6.09. The van der Waals surface area contributed by atoms with Crippen molar-refractivity contribution in [3.63, 3.8) is 0 Å². The Balaban J connectivity index is 1.48. The molecule has 2 aliphatic rings. The third kappa shape index (κ3) is 4.61. The van der Waals surface area contributed by atoms with Gasteiger partial charge in [-0.1, -0.05) is 0 Å². The summed E-state index contributed by atoms with van der Waals surface area (Å²) >= 11 is 0. The van der Waals surface area contributed by atoms with E-state index < -0.39 is 0 Å². The Morgan fingerprint density at radius 2 is 2.04 bits per heavy atom. The third-order valence-electron chi connectivity index (χ3n) is 5.08. The topological polar surface area (TPSA) is 83.8 Å². The summed E-state index contributed by atoms with van der Waals surface area (Å²) < 4.78 is 10.9. The summed E-state index contributed by atoms with van der Waals surface area (Å²) in [5.41, 5.74) is 0. The predicted octanol–water partition coefficient (Wildman–Crippen LogP) is 1.15. The quantitative estimate of drug-likeness (QED) is 0.833. The van der Waals surface area contributed by atoms with Crippen LogP contribution >= 0.6 is 0 Å². The second kappa shape index (κ2) is 8.49. The highest BCUT2D eigenvalue weighted by atomic mass is 16.5. The standard InChI is InChI=1S/C18H27N3O4/c1-19-18(23)16-5-4-15(25-16)11-20-17(22)13-3-2-8-21(12-13)14-6-9-24-10-7-14/h4-5,13-14H,2-3,6-12H2,1H3,(H,19,23)(H,20,22)/t13-/m1/s1. The molecule has 2 aliphatic heterocycles. The fourth-order valence-corrected chi connectivity index (χ4v) is 3.64. The van der Waals surface area contributed by atoms with Crippen molar-refractivity contribution in [1.29, 1.82) is 0 Å². The minimum Gasteiger partial charge on any atom is -0.454 e. The summed E-state index contributed by atoms with van der Waals surface area (Å²) in [7, 11) is 1.56. The molecular formula is C18H27N3O4. The SMILES string of the molecule is CNC(=O)c1ccc(CNC(=O)[C@@H]2CCCN(C3CCOCC3)C2)o1. The van der Waals surface area contributed by atoms with Gasteiger partial charge < -0.3 is 19.8 Å². The summed E-state index contributed by atoms with van der Waals surface area (Å²) in [6.45, 7) is 3.85. The second-order valence-electron chi connectivity index (χ2n) is 6.74. The zero-order valence-corrected chi connectivity index (χ0v) is 14.8. The normalized spacial score (nSPS) is 22.5. The number of likely N-dealkylation sites (tertiary alicyclic amines) is 1. The van der Waals surface area contributed by atoms with E-state index in [1.807, 2.05) is 0 Å². The molecule has 2 saturated heterocycles. The van der Waals surface area contributed by atoms with E-state index >= 15 is 0 Å². The predicted molar refractivity (Wildman–Crippen MR) is 92.1 cm³/mol. The Bertz CT molecular complexity index is 595. The van der Waals surface area contributed by atoms with Gasteiger partial charge in [0, 0.05) is 32.8 Å². The maximum Gasteiger partial charge on any atom is 0.286 e. The molecule has 7 nitrogen and oxygen atoms in total. The van der Waals surface area contributed by atoms with Crippen molar-refractivity contribution in [2.75, 3.05) is 33.4 Å². The maximum atomic E-state index is 12.5. The largest absolute Gasteiger partial charge is 0.454 e. The van der Waals surface area contributed by atoms with E-state index in [1.54, 1.807) is 19.2 Å². The number of furan rings is 1. The molecule has 1 aromatic heterocycles. The molecule has 25 heavy (non-hydrogen) atoms. The van der Waals surface area contributed by atoms with Gasteiger partial charge in [0.15, 0.2) is 5.76 Å². The Morgan fingerprint density at radius 1 is 1.24 bits per heavy atom. The molecule has 7 heteroatoms. The number of hydrogen-bond donors (Lipinski definition) is 2. The molecule has 138 valence electrons. The first-order valence-corrected chi connectivity index (χ1v) is 9.07. The number of hydrogen-bond acceptors (Lipinski definition) is 5. The van der Waals surface area contributed by atoms with E-state index in [1.165, 1.54) is 0 Å². The number of ether oxygens (including phenoxy) is 1. The second-order valence-corrected chi connectivity index (χ2v) is 6.74. The molecule has 0 saturated carbocycles. The van der Waals surface area contributed by atoms with Gasteiger partial charge in [-0.3, -0.25) is 14.5 Å². The first kappa shape index (κ1) is 17.9. The minimum atomic E-state index is -0.267. The number of amides is 2. The molecule has 0 aliphatic carbocycles. The minimum absolute atomic E-state index is 0.0185. The van der Waals surface area contributed by atoms with Gasteiger partial charge in [-0.2, -0.15) is 0 Å². The van der Waals surface area contributed by atoms with Gasteiger partial charge in [0.05, 0.1) is 12.5 Å². The molecule has 0 spiro atoms. The van der Waals surface area contributed by atoms with E-state index in [9.17, 15) is 9.59 Å². The number of nitrogens with one attached hydrogen (secondary N) is 2. The van der Waals surface area contributed by atoms with Crippen LogP contribution in [0.15, 0.2) is 16.5 Å². The van der Waals surface area contributed by atoms with E-state index in [0.717, 1.165) is 52.0 Å². The van der Waals surface area contributed by atoms with Crippen LogP contribution in [-0.2, 0) is 16.1 Å². The van der Waals surface area contributed by atoms with Crippen LogP contribution in [0.1, 0.15) is 42.0 Å². The lowest BCUT2D eigenvalue weighted by Gasteiger charge is -2.39. The molecule has 3 rings (SSSR count).